The second kappa shape index (κ2) is 4.09. The van der Waals surface area contributed by atoms with Crippen molar-refractivity contribution in [3.63, 3.8) is 0 Å². The molecule has 0 atom stereocenters. The Labute approximate surface area is 83.9 Å². The molecule has 1 aromatic carbocycles. The molecule has 0 saturated carbocycles. The van der Waals surface area contributed by atoms with Gasteiger partial charge < -0.3 is 5.11 Å². The molecule has 0 fully saturated rings. The van der Waals surface area contributed by atoms with Gasteiger partial charge in [0.15, 0.2) is 0 Å². The summed E-state index contributed by atoms with van der Waals surface area (Å²) in [5.74, 6) is -0.900. The summed E-state index contributed by atoms with van der Waals surface area (Å²) >= 11 is 0. The van der Waals surface area contributed by atoms with Gasteiger partial charge in [0, 0.05) is 6.08 Å². The lowest BCUT2D eigenvalue weighted by molar-refractivity contribution is -0.131. The molecule has 0 unspecified atom stereocenters. The largest absolute Gasteiger partial charge is 0.478 e. The maximum Gasteiger partial charge on any atom is 0.328 e. The van der Waals surface area contributed by atoms with E-state index in [1.54, 1.807) is 0 Å². The van der Waals surface area contributed by atoms with Crippen molar-refractivity contribution in [2.75, 3.05) is 0 Å². The smallest absolute Gasteiger partial charge is 0.328 e. The van der Waals surface area contributed by atoms with E-state index < -0.39 is 5.97 Å². The van der Waals surface area contributed by atoms with Crippen LogP contribution < -0.4 is 0 Å². The minimum atomic E-state index is -0.900. The predicted molar refractivity (Wildman–Crippen MR) is 57.2 cm³/mol. The van der Waals surface area contributed by atoms with E-state index in [0.717, 1.165) is 22.3 Å². The van der Waals surface area contributed by atoms with Crippen molar-refractivity contribution in [2.24, 2.45) is 0 Å². The van der Waals surface area contributed by atoms with Crippen LogP contribution in [0, 0.1) is 13.8 Å². The molecule has 0 spiro atoms. The summed E-state index contributed by atoms with van der Waals surface area (Å²) in [6.07, 6.45) is 1.24. The van der Waals surface area contributed by atoms with Gasteiger partial charge in [0.25, 0.3) is 0 Å². The monoisotopic (exact) mass is 190 g/mol. The third-order valence-electron chi connectivity index (χ3n) is 2.16. The number of rotatable bonds is 2. The van der Waals surface area contributed by atoms with Crippen molar-refractivity contribution < 1.29 is 9.90 Å². The Balaban J connectivity index is 3.18. The fraction of sp³-hybridized carbons (Fsp3) is 0.250. The normalized spacial score (nSPS) is 11.5. The highest BCUT2D eigenvalue weighted by Gasteiger charge is 2.02. The van der Waals surface area contributed by atoms with Crippen LogP contribution in [0.1, 0.15) is 23.6 Å². The van der Waals surface area contributed by atoms with E-state index in [1.807, 2.05) is 39.0 Å². The number of hydrogen-bond acceptors (Lipinski definition) is 1. The Morgan fingerprint density at radius 3 is 2.57 bits per heavy atom. The molecule has 0 bridgehead atoms. The number of carboxylic acids is 1. The van der Waals surface area contributed by atoms with E-state index in [2.05, 4.69) is 0 Å². The van der Waals surface area contributed by atoms with Gasteiger partial charge in [0.2, 0.25) is 0 Å². The van der Waals surface area contributed by atoms with Crippen LogP contribution in [0.2, 0.25) is 0 Å². The molecule has 0 radical (unpaired) electrons. The van der Waals surface area contributed by atoms with Gasteiger partial charge in [-0.2, -0.15) is 0 Å². The van der Waals surface area contributed by atoms with Crippen LogP contribution in [0.3, 0.4) is 0 Å². The molecule has 0 aromatic heterocycles. The summed E-state index contributed by atoms with van der Waals surface area (Å²) in [7, 11) is 0. The summed E-state index contributed by atoms with van der Waals surface area (Å²) in [4.78, 5) is 10.5. The van der Waals surface area contributed by atoms with Crippen molar-refractivity contribution in [2.45, 2.75) is 20.8 Å². The number of benzene rings is 1. The second-order valence-corrected chi connectivity index (χ2v) is 3.48. The first-order valence-corrected chi connectivity index (χ1v) is 4.49. The Morgan fingerprint density at radius 1 is 1.36 bits per heavy atom. The van der Waals surface area contributed by atoms with E-state index in [4.69, 9.17) is 5.11 Å². The van der Waals surface area contributed by atoms with E-state index in [0.29, 0.717) is 0 Å². The highest BCUT2D eigenvalue weighted by atomic mass is 16.4. The quantitative estimate of drug-likeness (QED) is 0.728. The summed E-state index contributed by atoms with van der Waals surface area (Å²) in [5, 5.41) is 8.63. The van der Waals surface area contributed by atoms with Crippen LogP contribution in [-0.4, -0.2) is 11.1 Å². The molecule has 0 saturated heterocycles. The summed E-state index contributed by atoms with van der Waals surface area (Å²) < 4.78 is 0. The summed E-state index contributed by atoms with van der Waals surface area (Å²) in [5.41, 5.74) is 4.04. The van der Waals surface area contributed by atoms with Crippen molar-refractivity contribution in [3.05, 3.63) is 41.0 Å². The fourth-order valence-electron chi connectivity index (χ4n) is 1.42. The SMILES string of the molecule is C/C(=C\C(=O)O)c1cc(C)ccc1C. The lowest BCUT2D eigenvalue weighted by Crippen LogP contribution is -1.92. The van der Waals surface area contributed by atoms with Crippen molar-refractivity contribution in [1.29, 1.82) is 0 Å². The first-order chi connectivity index (χ1) is 6.50. The second-order valence-electron chi connectivity index (χ2n) is 3.48. The number of aryl methyl sites for hydroxylation is 2. The minimum Gasteiger partial charge on any atom is -0.478 e. The Bertz CT molecular complexity index is 389. The Kier molecular flexibility index (Phi) is 3.07. The van der Waals surface area contributed by atoms with Crippen molar-refractivity contribution in [1.82, 2.24) is 0 Å². The standard InChI is InChI=1S/C12H14O2/c1-8-4-5-9(2)11(6-8)10(3)7-12(13)14/h4-7H,1-3H3,(H,13,14)/b10-7+. The van der Waals surface area contributed by atoms with Crippen LogP contribution in [0.5, 0.6) is 0 Å². The molecule has 2 nitrogen and oxygen atoms in total. The molecular formula is C12H14O2. The lowest BCUT2D eigenvalue weighted by Gasteiger charge is -2.06. The number of aliphatic carboxylic acids is 1. The molecule has 0 aliphatic carbocycles. The van der Waals surface area contributed by atoms with Gasteiger partial charge in [-0.1, -0.05) is 23.8 Å². The van der Waals surface area contributed by atoms with Gasteiger partial charge in [-0.05, 0) is 37.5 Å². The molecular weight excluding hydrogens is 176 g/mol. The van der Waals surface area contributed by atoms with Crippen molar-refractivity contribution >= 4 is 11.5 Å². The maximum absolute atomic E-state index is 10.5. The van der Waals surface area contributed by atoms with E-state index in [9.17, 15) is 4.79 Å². The van der Waals surface area contributed by atoms with Gasteiger partial charge in [-0.25, -0.2) is 4.79 Å². The van der Waals surface area contributed by atoms with Gasteiger partial charge in [-0.3, -0.25) is 0 Å². The van der Waals surface area contributed by atoms with Gasteiger partial charge >= 0.3 is 5.97 Å². The topological polar surface area (TPSA) is 37.3 Å². The summed E-state index contributed by atoms with van der Waals surface area (Å²) in [6, 6.07) is 6.03. The molecule has 74 valence electrons. The number of carbonyl (C=O) groups is 1. The van der Waals surface area contributed by atoms with Gasteiger partial charge in [0.05, 0.1) is 0 Å². The molecule has 0 heterocycles. The lowest BCUT2D eigenvalue weighted by atomic mass is 9.99. The molecule has 1 N–H and O–H groups in total. The van der Waals surface area contributed by atoms with Crippen LogP contribution >= 0.6 is 0 Å². The zero-order valence-corrected chi connectivity index (χ0v) is 8.66. The molecule has 1 rings (SSSR count). The highest BCUT2D eigenvalue weighted by molar-refractivity contribution is 5.89. The number of hydrogen-bond donors (Lipinski definition) is 1. The predicted octanol–water partition coefficient (Wildman–Crippen LogP) is 2.79. The highest BCUT2D eigenvalue weighted by Crippen LogP contribution is 2.19. The number of allylic oxidation sites excluding steroid dienone is 1. The van der Waals surface area contributed by atoms with Crippen LogP contribution in [0.25, 0.3) is 5.57 Å². The molecule has 14 heavy (non-hydrogen) atoms. The van der Waals surface area contributed by atoms with Gasteiger partial charge in [-0.15, -0.1) is 0 Å². The first kappa shape index (κ1) is 10.5. The average molecular weight is 190 g/mol. The van der Waals surface area contributed by atoms with E-state index in [1.165, 1.54) is 6.08 Å². The van der Waals surface area contributed by atoms with Crippen LogP contribution in [0.4, 0.5) is 0 Å². The third-order valence-corrected chi connectivity index (χ3v) is 2.16. The Hall–Kier alpha value is -1.57. The maximum atomic E-state index is 10.5. The van der Waals surface area contributed by atoms with Crippen LogP contribution in [0.15, 0.2) is 24.3 Å². The fourth-order valence-corrected chi connectivity index (χ4v) is 1.42. The molecule has 1 aromatic rings. The van der Waals surface area contributed by atoms with Gasteiger partial charge in [0.1, 0.15) is 0 Å². The average Bonchev–Trinajstić information content (AvgIpc) is 2.08. The Morgan fingerprint density at radius 2 is 2.00 bits per heavy atom. The molecule has 0 amide bonds. The van der Waals surface area contributed by atoms with Crippen LogP contribution in [-0.2, 0) is 4.79 Å². The van der Waals surface area contributed by atoms with E-state index in [-0.39, 0.29) is 0 Å². The van der Waals surface area contributed by atoms with Crippen molar-refractivity contribution in [3.8, 4) is 0 Å². The molecule has 0 aliphatic rings. The zero-order chi connectivity index (χ0) is 10.7. The van der Waals surface area contributed by atoms with E-state index >= 15 is 0 Å². The molecule has 0 aliphatic heterocycles. The number of carboxylic acid groups (broad SMARTS) is 1. The first-order valence-electron chi connectivity index (χ1n) is 4.49. The summed E-state index contributed by atoms with van der Waals surface area (Å²) in [6.45, 7) is 5.79. The third kappa shape index (κ3) is 2.46. The zero-order valence-electron chi connectivity index (χ0n) is 8.66. The minimum absolute atomic E-state index is 0.790. The molecule has 2 heteroatoms.